The molecule has 0 unspecified atom stereocenters. The molecule has 6 heteroatoms. The summed E-state index contributed by atoms with van der Waals surface area (Å²) in [6.07, 6.45) is 0. The van der Waals surface area contributed by atoms with E-state index in [1.807, 2.05) is 37.3 Å². The SMILES string of the molecule is CCN(Cc1ccccc1[N+](=O)[O-])C(=O)c1ccc2ccccc2n1. The highest BCUT2D eigenvalue weighted by Gasteiger charge is 2.20. The molecule has 0 fully saturated rings. The van der Waals surface area contributed by atoms with Gasteiger partial charge in [0.05, 0.1) is 17.0 Å². The van der Waals surface area contributed by atoms with Crippen LogP contribution in [0.2, 0.25) is 0 Å². The molecule has 6 nitrogen and oxygen atoms in total. The molecule has 0 aliphatic rings. The Balaban J connectivity index is 1.89. The molecular weight excluding hydrogens is 318 g/mol. The predicted molar refractivity (Wildman–Crippen MR) is 95.3 cm³/mol. The van der Waals surface area contributed by atoms with Crippen LogP contribution in [0.25, 0.3) is 10.9 Å². The summed E-state index contributed by atoms with van der Waals surface area (Å²) in [6, 6.07) is 17.6. The number of nitro benzene ring substituents is 1. The van der Waals surface area contributed by atoms with Crippen LogP contribution in [0.3, 0.4) is 0 Å². The van der Waals surface area contributed by atoms with E-state index >= 15 is 0 Å². The molecule has 0 atom stereocenters. The van der Waals surface area contributed by atoms with Gasteiger partial charge in [0.1, 0.15) is 5.69 Å². The normalized spacial score (nSPS) is 10.6. The number of nitro groups is 1. The molecule has 2 aromatic carbocycles. The van der Waals surface area contributed by atoms with E-state index in [9.17, 15) is 14.9 Å². The summed E-state index contributed by atoms with van der Waals surface area (Å²) in [6.45, 7) is 2.44. The van der Waals surface area contributed by atoms with Crippen LogP contribution in [-0.2, 0) is 6.54 Å². The lowest BCUT2D eigenvalue weighted by Crippen LogP contribution is -2.31. The molecule has 1 heterocycles. The van der Waals surface area contributed by atoms with Crippen LogP contribution in [0.4, 0.5) is 5.69 Å². The minimum atomic E-state index is -0.429. The Kier molecular flexibility index (Phi) is 4.70. The first kappa shape index (κ1) is 16.6. The second kappa shape index (κ2) is 7.09. The van der Waals surface area contributed by atoms with Crippen LogP contribution >= 0.6 is 0 Å². The first-order valence-corrected chi connectivity index (χ1v) is 7.97. The van der Waals surface area contributed by atoms with Crippen molar-refractivity contribution < 1.29 is 9.72 Å². The number of pyridine rings is 1. The maximum absolute atomic E-state index is 12.8. The van der Waals surface area contributed by atoms with Crippen molar-refractivity contribution in [2.24, 2.45) is 0 Å². The van der Waals surface area contributed by atoms with Crippen molar-refractivity contribution in [3.63, 3.8) is 0 Å². The summed E-state index contributed by atoms with van der Waals surface area (Å²) < 4.78 is 0. The first-order valence-electron chi connectivity index (χ1n) is 7.97. The van der Waals surface area contributed by atoms with Crippen LogP contribution in [0, 0.1) is 10.1 Å². The van der Waals surface area contributed by atoms with Crippen molar-refractivity contribution >= 4 is 22.5 Å². The molecule has 0 spiro atoms. The molecule has 126 valence electrons. The summed E-state index contributed by atoms with van der Waals surface area (Å²) in [7, 11) is 0. The van der Waals surface area contributed by atoms with Gasteiger partial charge >= 0.3 is 0 Å². The molecular formula is C19H17N3O3. The number of nitrogens with zero attached hydrogens (tertiary/aromatic N) is 3. The summed E-state index contributed by atoms with van der Waals surface area (Å²) in [5, 5.41) is 12.1. The zero-order chi connectivity index (χ0) is 17.8. The van der Waals surface area contributed by atoms with E-state index in [0.29, 0.717) is 17.8 Å². The largest absolute Gasteiger partial charge is 0.333 e. The molecule has 0 saturated heterocycles. The second-order valence-corrected chi connectivity index (χ2v) is 5.59. The standard InChI is InChI=1S/C19H17N3O3/c1-2-21(13-15-8-4-6-10-18(15)22(24)25)19(23)17-12-11-14-7-3-5-9-16(14)20-17/h3-12H,2,13H2,1H3. The van der Waals surface area contributed by atoms with Gasteiger partial charge in [-0.25, -0.2) is 4.98 Å². The number of rotatable bonds is 5. The smallest absolute Gasteiger partial charge is 0.274 e. The van der Waals surface area contributed by atoms with Crippen molar-refractivity contribution in [1.29, 1.82) is 0 Å². The molecule has 0 saturated carbocycles. The third kappa shape index (κ3) is 3.47. The zero-order valence-electron chi connectivity index (χ0n) is 13.8. The van der Waals surface area contributed by atoms with Gasteiger partial charge in [0.25, 0.3) is 11.6 Å². The Bertz CT molecular complexity index is 940. The molecule has 0 N–H and O–H groups in total. The minimum absolute atomic E-state index is 0.0141. The van der Waals surface area contributed by atoms with Gasteiger partial charge < -0.3 is 4.90 Å². The summed E-state index contributed by atoms with van der Waals surface area (Å²) >= 11 is 0. The summed E-state index contributed by atoms with van der Waals surface area (Å²) in [5.74, 6) is -0.244. The van der Waals surface area contributed by atoms with E-state index in [-0.39, 0.29) is 18.1 Å². The third-order valence-corrected chi connectivity index (χ3v) is 4.04. The van der Waals surface area contributed by atoms with Crippen LogP contribution in [0.15, 0.2) is 60.7 Å². The van der Waals surface area contributed by atoms with Gasteiger partial charge in [-0.1, -0.05) is 42.5 Å². The highest BCUT2D eigenvalue weighted by Crippen LogP contribution is 2.21. The fraction of sp³-hybridized carbons (Fsp3) is 0.158. The number of hydrogen-bond donors (Lipinski definition) is 0. The molecule has 1 amide bonds. The number of carbonyl (C=O) groups excluding carboxylic acids is 1. The average Bonchev–Trinajstić information content (AvgIpc) is 2.65. The van der Waals surface area contributed by atoms with Crippen molar-refractivity contribution in [2.45, 2.75) is 13.5 Å². The zero-order valence-corrected chi connectivity index (χ0v) is 13.8. The average molecular weight is 335 g/mol. The van der Waals surface area contributed by atoms with Crippen LogP contribution < -0.4 is 0 Å². The fourth-order valence-electron chi connectivity index (χ4n) is 2.70. The predicted octanol–water partition coefficient (Wildman–Crippen LogP) is 3.81. The van der Waals surface area contributed by atoms with Crippen LogP contribution in [0.1, 0.15) is 23.0 Å². The molecule has 1 aromatic heterocycles. The van der Waals surface area contributed by atoms with Gasteiger partial charge in [0.15, 0.2) is 0 Å². The Morgan fingerprint density at radius 2 is 1.80 bits per heavy atom. The van der Waals surface area contributed by atoms with Crippen molar-refractivity contribution in [1.82, 2.24) is 9.88 Å². The Morgan fingerprint density at radius 1 is 1.08 bits per heavy atom. The lowest BCUT2D eigenvalue weighted by molar-refractivity contribution is -0.385. The molecule has 0 radical (unpaired) electrons. The van der Waals surface area contributed by atoms with Crippen molar-refractivity contribution in [2.75, 3.05) is 6.54 Å². The maximum Gasteiger partial charge on any atom is 0.274 e. The lowest BCUT2D eigenvalue weighted by Gasteiger charge is -2.20. The van der Waals surface area contributed by atoms with E-state index < -0.39 is 4.92 Å². The van der Waals surface area contributed by atoms with E-state index in [4.69, 9.17) is 0 Å². The highest BCUT2D eigenvalue weighted by atomic mass is 16.6. The number of aromatic nitrogens is 1. The van der Waals surface area contributed by atoms with E-state index in [0.717, 1.165) is 10.9 Å². The van der Waals surface area contributed by atoms with E-state index in [2.05, 4.69) is 4.98 Å². The summed E-state index contributed by atoms with van der Waals surface area (Å²) in [4.78, 5) is 29.5. The van der Waals surface area contributed by atoms with Gasteiger partial charge in [-0.3, -0.25) is 14.9 Å². The molecule has 3 aromatic rings. The molecule has 0 aliphatic carbocycles. The number of para-hydroxylation sites is 2. The van der Waals surface area contributed by atoms with Gasteiger partial charge in [-0.2, -0.15) is 0 Å². The molecule has 3 rings (SSSR count). The maximum atomic E-state index is 12.8. The van der Waals surface area contributed by atoms with E-state index in [1.165, 1.54) is 6.07 Å². The van der Waals surface area contributed by atoms with Crippen molar-refractivity contribution in [3.8, 4) is 0 Å². The fourth-order valence-corrected chi connectivity index (χ4v) is 2.70. The second-order valence-electron chi connectivity index (χ2n) is 5.59. The molecule has 0 bridgehead atoms. The number of hydrogen-bond acceptors (Lipinski definition) is 4. The van der Waals surface area contributed by atoms with Gasteiger partial charge in [0, 0.05) is 23.6 Å². The van der Waals surface area contributed by atoms with Gasteiger partial charge in [-0.15, -0.1) is 0 Å². The molecule has 0 aliphatic heterocycles. The number of carbonyl (C=O) groups is 1. The Hall–Kier alpha value is -3.28. The molecule has 25 heavy (non-hydrogen) atoms. The topological polar surface area (TPSA) is 76.3 Å². The van der Waals surface area contributed by atoms with Crippen LogP contribution in [0.5, 0.6) is 0 Å². The third-order valence-electron chi connectivity index (χ3n) is 4.04. The lowest BCUT2D eigenvalue weighted by atomic mass is 10.1. The quantitative estimate of drug-likeness (QED) is 0.525. The van der Waals surface area contributed by atoms with Gasteiger partial charge in [0.2, 0.25) is 0 Å². The minimum Gasteiger partial charge on any atom is -0.333 e. The van der Waals surface area contributed by atoms with Crippen molar-refractivity contribution in [3.05, 3.63) is 82.0 Å². The Labute approximate surface area is 144 Å². The monoisotopic (exact) mass is 335 g/mol. The van der Waals surface area contributed by atoms with Crippen LogP contribution in [-0.4, -0.2) is 27.3 Å². The number of benzene rings is 2. The number of fused-ring (bicyclic) bond motifs is 1. The van der Waals surface area contributed by atoms with E-state index in [1.54, 1.807) is 29.2 Å². The first-order chi connectivity index (χ1) is 12.1. The Morgan fingerprint density at radius 3 is 2.56 bits per heavy atom. The highest BCUT2D eigenvalue weighted by molar-refractivity contribution is 5.94. The summed E-state index contributed by atoms with van der Waals surface area (Å²) in [5.41, 5.74) is 1.60. The van der Waals surface area contributed by atoms with Gasteiger partial charge in [-0.05, 0) is 19.1 Å². The number of amides is 1.